The van der Waals surface area contributed by atoms with Crippen LogP contribution in [0.4, 0.5) is 4.79 Å². The van der Waals surface area contributed by atoms with Crippen molar-refractivity contribution in [2.75, 3.05) is 13.1 Å². The minimum Gasteiger partial charge on any atom is -0.338 e. The molecule has 0 bridgehead atoms. The highest BCUT2D eigenvalue weighted by Crippen LogP contribution is 2.34. The van der Waals surface area contributed by atoms with Crippen molar-refractivity contribution in [1.29, 1.82) is 0 Å². The topological polar surface area (TPSA) is 50.2 Å². The van der Waals surface area contributed by atoms with E-state index < -0.39 is 0 Å². The lowest BCUT2D eigenvalue weighted by Gasteiger charge is -2.24. The summed E-state index contributed by atoms with van der Waals surface area (Å²) < 4.78 is 1.78. The molecule has 1 N–H and O–H groups in total. The number of aryl methyl sites for hydroxylation is 1. The molecule has 21 heavy (non-hydrogen) atoms. The second-order valence-corrected chi connectivity index (χ2v) is 6.31. The molecule has 0 radical (unpaired) electrons. The largest absolute Gasteiger partial charge is 0.338 e. The molecule has 0 aliphatic carbocycles. The van der Waals surface area contributed by atoms with Crippen LogP contribution in [0, 0.1) is 0 Å². The smallest absolute Gasteiger partial charge is 0.317 e. The number of hydrogen-bond donors (Lipinski definition) is 1. The van der Waals surface area contributed by atoms with Crippen LogP contribution in [0.3, 0.4) is 0 Å². The predicted molar refractivity (Wildman–Crippen MR) is 83.3 cm³/mol. The minimum absolute atomic E-state index is 0.0434. The summed E-state index contributed by atoms with van der Waals surface area (Å²) in [7, 11) is 1.90. The fraction of sp³-hybridized carbons (Fsp3) is 0.467. The van der Waals surface area contributed by atoms with Crippen LogP contribution in [0.5, 0.6) is 0 Å². The molecular weight excluding hydrogens is 284 g/mol. The number of thiophene rings is 1. The fourth-order valence-electron chi connectivity index (χ4n) is 2.78. The summed E-state index contributed by atoms with van der Waals surface area (Å²) in [6.07, 6.45) is 4.83. The standard InChI is InChI=1S/C15H20N4OS/c1-18-10-7-12(17-18)6-8-16-15(20)19-9-2-4-13(19)14-5-3-11-21-14/h3,5,7,10-11,13H,2,4,6,8-9H2,1H3,(H,16,20). The molecule has 0 aromatic carbocycles. The van der Waals surface area contributed by atoms with Gasteiger partial charge in [-0.15, -0.1) is 11.3 Å². The van der Waals surface area contributed by atoms with Gasteiger partial charge in [0.15, 0.2) is 0 Å². The maximum Gasteiger partial charge on any atom is 0.317 e. The monoisotopic (exact) mass is 304 g/mol. The highest BCUT2D eigenvalue weighted by atomic mass is 32.1. The van der Waals surface area contributed by atoms with Crippen molar-refractivity contribution in [2.24, 2.45) is 7.05 Å². The molecule has 3 rings (SSSR count). The molecule has 1 aliphatic heterocycles. The van der Waals surface area contributed by atoms with Gasteiger partial charge in [0, 0.05) is 37.6 Å². The van der Waals surface area contributed by atoms with Gasteiger partial charge in [-0.05, 0) is 30.4 Å². The Morgan fingerprint density at radius 2 is 2.43 bits per heavy atom. The molecule has 1 unspecified atom stereocenters. The van der Waals surface area contributed by atoms with Crippen LogP contribution in [0.25, 0.3) is 0 Å². The van der Waals surface area contributed by atoms with E-state index in [1.165, 1.54) is 4.88 Å². The molecule has 6 heteroatoms. The first kappa shape index (κ1) is 14.1. The van der Waals surface area contributed by atoms with Crippen LogP contribution in [0.2, 0.25) is 0 Å². The van der Waals surface area contributed by atoms with Crippen LogP contribution >= 0.6 is 11.3 Å². The lowest BCUT2D eigenvalue weighted by atomic mass is 10.2. The number of urea groups is 1. The lowest BCUT2D eigenvalue weighted by Crippen LogP contribution is -2.40. The maximum atomic E-state index is 12.3. The average Bonchev–Trinajstić information content (AvgIpc) is 3.19. The molecule has 1 atom stereocenters. The van der Waals surface area contributed by atoms with E-state index in [0.29, 0.717) is 6.54 Å². The minimum atomic E-state index is 0.0434. The zero-order valence-corrected chi connectivity index (χ0v) is 13.0. The van der Waals surface area contributed by atoms with Crippen LogP contribution in [0.1, 0.15) is 29.5 Å². The highest BCUT2D eigenvalue weighted by Gasteiger charge is 2.30. The third kappa shape index (κ3) is 3.26. The van der Waals surface area contributed by atoms with E-state index in [9.17, 15) is 4.79 Å². The Bertz CT molecular complexity index is 593. The van der Waals surface area contributed by atoms with Crippen molar-refractivity contribution in [3.63, 3.8) is 0 Å². The number of carbonyl (C=O) groups excluding carboxylic acids is 1. The molecule has 5 nitrogen and oxygen atoms in total. The highest BCUT2D eigenvalue weighted by molar-refractivity contribution is 7.10. The zero-order valence-electron chi connectivity index (χ0n) is 12.2. The number of rotatable bonds is 4. The Labute approximate surface area is 128 Å². The molecule has 1 aliphatic rings. The summed E-state index contributed by atoms with van der Waals surface area (Å²) in [5.74, 6) is 0. The molecule has 2 aromatic heterocycles. The Hall–Kier alpha value is -1.82. The van der Waals surface area contributed by atoms with E-state index in [1.807, 2.05) is 24.2 Å². The summed E-state index contributed by atoms with van der Waals surface area (Å²) >= 11 is 1.73. The number of carbonyl (C=O) groups is 1. The van der Waals surface area contributed by atoms with Gasteiger partial charge in [-0.1, -0.05) is 6.07 Å². The van der Waals surface area contributed by atoms with Gasteiger partial charge in [0.05, 0.1) is 11.7 Å². The van der Waals surface area contributed by atoms with Crippen molar-refractivity contribution in [2.45, 2.75) is 25.3 Å². The van der Waals surface area contributed by atoms with Crippen LogP contribution < -0.4 is 5.32 Å². The third-order valence-electron chi connectivity index (χ3n) is 3.81. The first-order valence-electron chi connectivity index (χ1n) is 7.30. The second kappa shape index (κ2) is 6.30. The first-order valence-corrected chi connectivity index (χ1v) is 8.18. The fourth-order valence-corrected chi connectivity index (χ4v) is 3.66. The molecule has 2 aromatic rings. The van der Waals surface area contributed by atoms with Gasteiger partial charge in [0.2, 0.25) is 0 Å². The molecule has 3 heterocycles. The van der Waals surface area contributed by atoms with Gasteiger partial charge >= 0.3 is 6.03 Å². The number of aromatic nitrogens is 2. The first-order chi connectivity index (χ1) is 10.2. The van der Waals surface area contributed by atoms with E-state index >= 15 is 0 Å². The lowest BCUT2D eigenvalue weighted by molar-refractivity contribution is 0.194. The summed E-state index contributed by atoms with van der Waals surface area (Å²) in [6, 6.07) is 6.45. The van der Waals surface area contributed by atoms with Crippen molar-refractivity contribution >= 4 is 17.4 Å². The zero-order chi connectivity index (χ0) is 14.7. The van der Waals surface area contributed by atoms with Gasteiger partial charge < -0.3 is 10.2 Å². The number of amides is 2. The van der Waals surface area contributed by atoms with E-state index in [-0.39, 0.29) is 12.1 Å². The second-order valence-electron chi connectivity index (χ2n) is 5.33. The van der Waals surface area contributed by atoms with Crippen LogP contribution in [0.15, 0.2) is 29.8 Å². The molecule has 1 fully saturated rings. The summed E-state index contributed by atoms with van der Waals surface area (Å²) in [5.41, 5.74) is 1.01. The summed E-state index contributed by atoms with van der Waals surface area (Å²) in [4.78, 5) is 15.6. The van der Waals surface area contributed by atoms with Crippen molar-refractivity contribution in [3.05, 3.63) is 40.3 Å². The molecule has 0 saturated carbocycles. The van der Waals surface area contributed by atoms with Crippen molar-refractivity contribution < 1.29 is 4.79 Å². The maximum absolute atomic E-state index is 12.3. The predicted octanol–water partition coefficient (Wildman–Crippen LogP) is 2.57. The molecule has 112 valence electrons. The Morgan fingerprint density at radius 1 is 1.52 bits per heavy atom. The van der Waals surface area contributed by atoms with Crippen molar-refractivity contribution in [1.82, 2.24) is 20.0 Å². The van der Waals surface area contributed by atoms with E-state index in [4.69, 9.17) is 0 Å². The van der Waals surface area contributed by atoms with Gasteiger partial charge in [0.25, 0.3) is 0 Å². The van der Waals surface area contributed by atoms with E-state index in [1.54, 1.807) is 16.0 Å². The van der Waals surface area contributed by atoms with Gasteiger partial charge in [-0.2, -0.15) is 5.10 Å². The summed E-state index contributed by atoms with van der Waals surface area (Å²) in [5, 5.41) is 9.40. The molecule has 2 amide bonds. The van der Waals surface area contributed by atoms with Crippen LogP contribution in [-0.2, 0) is 13.5 Å². The Morgan fingerprint density at radius 3 is 3.14 bits per heavy atom. The van der Waals surface area contributed by atoms with Gasteiger partial charge in [-0.3, -0.25) is 4.68 Å². The third-order valence-corrected chi connectivity index (χ3v) is 4.79. The molecule has 1 saturated heterocycles. The summed E-state index contributed by atoms with van der Waals surface area (Å²) in [6.45, 7) is 1.47. The Kier molecular flexibility index (Phi) is 4.24. The SMILES string of the molecule is Cn1ccc(CCNC(=O)N2CCCC2c2cccs2)n1. The van der Waals surface area contributed by atoms with Gasteiger partial charge in [0.1, 0.15) is 0 Å². The number of nitrogens with zero attached hydrogens (tertiary/aromatic N) is 3. The Balaban J connectivity index is 1.52. The van der Waals surface area contributed by atoms with E-state index in [2.05, 4.69) is 27.9 Å². The average molecular weight is 304 g/mol. The van der Waals surface area contributed by atoms with E-state index in [0.717, 1.165) is 31.5 Å². The van der Waals surface area contributed by atoms with Crippen LogP contribution in [-0.4, -0.2) is 33.8 Å². The number of likely N-dealkylation sites (tertiary alicyclic amines) is 1. The number of hydrogen-bond acceptors (Lipinski definition) is 3. The number of nitrogens with one attached hydrogen (secondary N) is 1. The molecular formula is C15H20N4OS. The van der Waals surface area contributed by atoms with Gasteiger partial charge in [-0.25, -0.2) is 4.79 Å². The molecule has 0 spiro atoms. The van der Waals surface area contributed by atoms with Crippen molar-refractivity contribution in [3.8, 4) is 0 Å². The quantitative estimate of drug-likeness (QED) is 0.944. The normalized spacial score (nSPS) is 18.1.